The monoisotopic (exact) mass is 350 g/mol. The van der Waals surface area contributed by atoms with Gasteiger partial charge < -0.3 is 14.8 Å². The van der Waals surface area contributed by atoms with Gasteiger partial charge in [0.25, 0.3) is 5.91 Å². The lowest BCUT2D eigenvalue weighted by Crippen LogP contribution is -2.24. The maximum Gasteiger partial charge on any atom is 0.253 e. The van der Waals surface area contributed by atoms with Crippen molar-refractivity contribution in [2.75, 3.05) is 14.2 Å². The van der Waals surface area contributed by atoms with Crippen LogP contribution in [0.5, 0.6) is 5.75 Å². The van der Waals surface area contributed by atoms with E-state index in [1.165, 1.54) is 0 Å². The second-order valence-corrected chi connectivity index (χ2v) is 6.11. The summed E-state index contributed by atoms with van der Waals surface area (Å²) in [6.07, 6.45) is 0. The van der Waals surface area contributed by atoms with E-state index in [1.807, 2.05) is 55.5 Å². The molecule has 0 bridgehead atoms. The Labute approximate surface area is 153 Å². The first-order chi connectivity index (χ1) is 12.6. The number of ether oxygens (including phenoxy) is 2. The molecule has 0 aliphatic rings. The molecule has 0 saturated carbocycles. The van der Waals surface area contributed by atoms with Gasteiger partial charge in [-0.3, -0.25) is 9.78 Å². The zero-order chi connectivity index (χ0) is 18.5. The van der Waals surface area contributed by atoms with Gasteiger partial charge in [0.05, 0.1) is 30.5 Å². The van der Waals surface area contributed by atoms with Gasteiger partial charge in [-0.25, -0.2) is 0 Å². The van der Waals surface area contributed by atoms with Crippen molar-refractivity contribution in [3.8, 4) is 5.75 Å². The van der Waals surface area contributed by atoms with Gasteiger partial charge >= 0.3 is 0 Å². The van der Waals surface area contributed by atoms with Gasteiger partial charge in [-0.05, 0) is 42.3 Å². The molecular weight excluding hydrogens is 328 g/mol. The van der Waals surface area contributed by atoms with Crippen LogP contribution in [0.2, 0.25) is 0 Å². The first-order valence-corrected chi connectivity index (χ1v) is 8.41. The van der Waals surface area contributed by atoms with Crippen LogP contribution < -0.4 is 10.1 Å². The minimum absolute atomic E-state index is 0.138. The third-order valence-electron chi connectivity index (χ3n) is 4.24. The Bertz CT molecular complexity index is 920. The van der Waals surface area contributed by atoms with Crippen molar-refractivity contribution in [2.24, 2.45) is 0 Å². The summed E-state index contributed by atoms with van der Waals surface area (Å²) in [6.45, 7) is 2.89. The van der Waals surface area contributed by atoms with E-state index < -0.39 is 0 Å². The Morgan fingerprint density at radius 3 is 2.46 bits per heavy atom. The number of carbonyl (C=O) groups excluding carboxylic acids is 1. The van der Waals surface area contributed by atoms with Crippen molar-refractivity contribution in [1.82, 2.24) is 10.3 Å². The molecule has 3 rings (SSSR count). The number of aryl methyl sites for hydroxylation is 1. The maximum absolute atomic E-state index is 12.6. The largest absolute Gasteiger partial charge is 0.497 e. The molecular formula is C21H22N2O3. The molecule has 0 radical (unpaired) electrons. The molecule has 0 aliphatic carbocycles. The summed E-state index contributed by atoms with van der Waals surface area (Å²) in [4.78, 5) is 17.1. The topological polar surface area (TPSA) is 60.5 Å². The summed E-state index contributed by atoms with van der Waals surface area (Å²) < 4.78 is 10.4. The first kappa shape index (κ1) is 17.9. The van der Waals surface area contributed by atoms with E-state index in [2.05, 4.69) is 10.3 Å². The summed E-state index contributed by atoms with van der Waals surface area (Å²) in [6, 6.07) is 15.5. The number of aromatic nitrogens is 1. The molecule has 0 unspecified atom stereocenters. The molecule has 5 heteroatoms. The number of amides is 1. The van der Waals surface area contributed by atoms with Crippen LogP contribution in [-0.2, 0) is 17.9 Å². The highest BCUT2D eigenvalue weighted by atomic mass is 16.5. The maximum atomic E-state index is 12.6. The quantitative estimate of drug-likeness (QED) is 0.737. The highest BCUT2D eigenvalue weighted by Gasteiger charge is 2.12. The highest BCUT2D eigenvalue weighted by molar-refractivity contribution is 5.98. The van der Waals surface area contributed by atoms with E-state index in [4.69, 9.17) is 9.47 Å². The molecule has 0 fully saturated rings. The van der Waals surface area contributed by atoms with Gasteiger partial charge in [0, 0.05) is 19.0 Å². The highest BCUT2D eigenvalue weighted by Crippen LogP contribution is 2.22. The number of nitrogens with zero attached hydrogens (tertiary/aromatic N) is 1. The fourth-order valence-corrected chi connectivity index (χ4v) is 2.81. The molecule has 3 aromatic rings. The van der Waals surface area contributed by atoms with Crippen molar-refractivity contribution in [1.29, 1.82) is 0 Å². The SMILES string of the molecule is COCc1ccc(CNC(=O)c2cc3cc(OC)ccc3nc2C)cc1. The summed E-state index contributed by atoms with van der Waals surface area (Å²) in [5.74, 6) is 0.603. The van der Waals surface area contributed by atoms with Gasteiger partial charge in [0.15, 0.2) is 0 Å². The molecule has 0 aliphatic heterocycles. The Balaban J connectivity index is 1.75. The van der Waals surface area contributed by atoms with Crippen LogP contribution in [0, 0.1) is 6.92 Å². The molecule has 1 N–H and O–H groups in total. The smallest absolute Gasteiger partial charge is 0.253 e. The van der Waals surface area contributed by atoms with E-state index in [0.717, 1.165) is 27.8 Å². The molecule has 0 spiro atoms. The predicted octanol–water partition coefficient (Wildman–Crippen LogP) is 3.63. The molecule has 1 heterocycles. The van der Waals surface area contributed by atoms with Crippen molar-refractivity contribution in [3.05, 3.63) is 70.9 Å². The van der Waals surface area contributed by atoms with Crippen LogP contribution in [0.1, 0.15) is 27.2 Å². The first-order valence-electron chi connectivity index (χ1n) is 8.41. The average Bonchev–Trinajstić information content (AvgIpc) is 2.66. The molecule has 2 aromatic carbocycles. The standard InChI is InChI=1S/C21H22N2O3/c1-14-19(11-17-10-18(26-3)8-9-20(17)23-14)21(24)22-12-15-4-6-16(7-5-15)13-25-2/h4-11H,12-13H2,1-3H3,(H,22,24). The van der Waals surface area contributed by atoms with Crippen molar-refractivity contribution in [2.45, 2.75) is 20.1 Å². The number of fused-ring (bicyclic) bond motifs is 1. The normalized spacial score (nSPS) is 10.7. The third kappa shape index (κ3) is 4.00. The molecule has 1 amide bonds. The number of carbonyl (C=O) groups is 1. The van der Waals surface area contributed by atoms with E-state index in [1.54, 1.807) is 14.2 Å². The molecule has 26 heavy (non-hydrogen) atoms. The zero-order valence-corrected chi connectivity index (χ0v) is 15.2. The van der Waals surface area contributed by atoms with E-state index in [0.29, 0.717) is 24.4 Å². The lowest BCUT2D eigenvalue weighted by atomic mass is 10.1. The van der Waals surface area contributed by atoms with Gasteiger partial charge in [0.1, 0.15) is 5.75 Å². The van der Waals surface area contributed by atoms with Crippen LogP contribution in [0.3, 0.4) is 0 Å². The number of rotatable bonds is 6. The lowest BCUT2D eigenvalue weighted by Gasteiger charge is -2.10. The fourth-order valence-electron chi connectivity index (χ4n) is 2.81. The van der Waals surface area contributed by atoms with Crippen LogP contribution in [0.25, 0.3) is 10.9 Å². The number of nitrogens with one attached hydrogen (secondary N) is 1. The molecule has 0 atom stereocenters. The Hall–Kier alpha value is -2.92. The molecule has 0 saturated heterocycles. The summed E-state index contributed by atoms with van der Waals surface area (Å²) in [5.41, 5.74) is 4.25. The second kappa shape index (κ2) is 7.97. The van der Waals surface area contributed by atoms with Crippen LogP contribution >= 0.6 is 0 Å². The minimum Gasteiger partial charge on any atom is -0.497 e. The summed E-state index contributed by atoms with van der Waals surface area (Å²) >= 11 is 0. The van der Waals surface area contributed by atoms with Crippen LogP contribution in [0.4, 0.5) is 0 Å². The van der Waals surface area contributed by atoms with Gasteiger partial charge in [-0.1, -0.05) is 24.3 Å². The average molecular weight is 350 g/mol. The second-order valence-electron chi connectivity index (χ2n) is 6.11. The predicted molar refractivity (Wildman–Crippen MR) is 101 cm³/mol. The Kier molecular flexibility index (Phi) is 5.49. The fraction of sp³-hybridized carbons (Fsp3) is 0.238. The van der Waals surface area contributed by atoms with Crippen LogP contribution in [-0.4, -0.2) is 25.1 Å². The number of pyridine rings is 1. The van der Waals surface area contributed by atoms with E-state index in [9.17, 15) is 4.79 Å². The number of methoxy groups -OCH3 is 2. The van der Waals surface area contributed by atoms with Crippen molar-refractivity contribution >= 4 is 16.8 Å². The Morgan fingerprint density at radius 2 is 1.77 bits per heavy atom. The van der Waals surface area contributed by atoms with Crippen LogP contribution in [0.15, 0.2) is 48.5 Å². The zero-order valence-electron chi connectivity index (χ0n) is 15.2. The van der Waals surface area contributed by atoms with Gasteiger partial charge in [-0.15, -0.1) is 0 Å². The van der Waals surface area contributed by atoms with Gasteiger partial charge in [-0.2, -0.15) is 0 Å². The molecule has 134 valence electrons. The number of hydrogen-bond donors (Lipinski definition) is 1. The summed E-state index contributed by atoms with van der Waals surface area (Å²) in [7, 11) is 3.29. The molecule has 5 nitrogen and oxygen atoms in total. The van der Waals surface area contributed by atoms with E-state index in [-0.39, 0.29) is 5.91 Å². The van der Waals surface area contributed by atoms with Crippen molar-refractivity contribution in [3.63, 3.8) is 0 Å². The lowest BCUT2D eigenvalue weighted by molar-refractivity contribution is 0.0950. The van der Waals surface area contributed by atoms with E-state index >= 15 is 0 Å². The Morgan fingerprint density at radius 1 is 1.04 bits per heavy atom. The minimum atomic E-state index is -0.138. The van der Waals surface area contributed by atoms with Crippen molar-refractivity contribution < 1.29 is 14.3 Å². The number of hydrogen-bond acceptors (Lipinski definition) is 4. The summed E-state index contributed by atoms with van der Waals surface area (Å²) in [5, 5.41) is 3.84. The number of benzene rings is 2. The molecule has 1 aromatic heterocycles. The third-order valence-corrected chi connectivity index (χ3v) is 4.24. The van der Waals surface area contributed by atoms with Gasteiger partial charge in [0.2, 0.25) is 0 Å².